The average molecular weight is 275 g/mol. The maximum absolute atomic E-state index is 3.60. The Bertz CT molecular complexity index is 387. The summed E-state index contributed by atoms with van der Waals surface area (Å²) in [6, 6.07) is 6.89. The molecule has 1 unspecified atom stereocenters. The Morgan fingerprint density at radius 3 is 2.45 bits per heavy atom. The first-order valence-corrected chi connectivity index (χ1v) is 8.33. The zero-order chi connectivity index (χ0) is 15.0. The van der Waals surface area contributed by atoms with Gasteiger partial charge in [0, 0.05) is 6.54 Å². The van der Waals surface area contributed by atoms with Gasteiger partial charge in [-0.2, -0.15) is 0 Å². The van der Waals surface area contributed by atoms with Gasteiger partial charge in [-0.1, -0.05) is 57.4 Å². The Kier molecular flexibility index (Phi) is 7.29. The topological polar surface area (TPSA) is 12.0 Å². The largest absolute Gasteiger partial charge is 0.316 e. The van der Waals surface area contributed by atoms with E-state index in [-0.39, 0.29) is 0 Å². The summed E-state index contributed by atoms with van der Waals surface area (Å²) in [5.74, 6) is 0. The molecule has 0 fully saturated rings. The van der Waals surface area contributed by atoms with Crippen LogP contribution in [0.2, 0.25) is 0 Å². The predicted octanol–water partition coefficient (Wildman–Crippen LogP) is 5.04. The van der Waals surface area contributed by atoms with E-state index in [1.807, 2.05) is 0 Å². The molecule has 0 heterocycles. The van der Waals surface area contributed by atoms with Crippen molar-refractivity contribution in [2.75, 3.05) is 13.1 Å². The van der Waals surface area contributed by atoms with Crippen molar-refractivity contribution in [2.45, 2.75) is 66.7 Å². The zero-order valence-corrected chi connectivity index (χ0v) is 14.2. The Labute approximate surface area is 126 Å². The third kappa shape index (κ3) is 4.94. The molecule has 1 atom stereocenters. The second-order valence-corrected chi connectivity index (χ2v) is 6.34. The number of unbranched alkanes of at least 4 members (excludes halogenated alkanes) is 1. The van der Waals surface area contributed by atoms with Crippen molar-refractivity contribution in [3.63, 3.8) is 0 Å². The first kappa shape index (κ1) is 17.2. The summed E-state index contributed by atoms with van der Waals surface area (Å²) in [6.07, 6.45) is 6.43. The van der Waals surface area contributed by atoms with Crippen LogP contribution >= 0.6 is 0 Å². The lowest BCUT2D eigenvalue weighted by Gasteiger charge is -2.34. The van der Waals surface area contributed by atoms with Crippen LogP contribution in [0, 0.1) is 19.3 Å². The van der Waals surface area contributed by atoms with Crippen LogP contribution in [0.25, 0.3) is 0 Å². The second-order valence-electron chi connectivity index (χ2n) is 6.34. The summed E-state index contributed by atoms with van der Waals surface area (Å²) in [5.41, 5.74) is 4.79. The van der Waals surface area contributed by atoms with E-state index in [1.165, 1.54) is 43.2 Å². The second kappa shape index (κ2) is 8.46. The van der Waals surface area contributed by atoms with E-state index in [2.05, 4.69) is 58.1 Å². The Hall–Kier alpha value is -0.820. The number of benzene rings is 1. The summed E-state index contributed by atoms with van der Waals surface area (Å²) < 4.78 is 0. The first-order chi connectivity index (χ1) is 9.56. The molecule has 1 rings (SSSR count). The minimum absolute atomic E-state index is 0.421. The molecular formula is C19H33N. The van der Waals surface area contributed by atoms with E-state index in [9.17, 15) is 0 Å². The van der Waals surface area contributed by atoms with Crippen molar-refractivity contribution in [2.24, 2.45) is 5.41 Å². The SMILES string of the molecule is CCCCC(CC)(CNCC)Cc1cc(C)ccc1C. The van der Waals surface area contributed by atoms with Gasteiger partial charge >= 0.3 is 0 Å². The van der Waals surface area contributed by atoms with Gasteiger partial charge in [-0.25, -0.2) is 0 Å². The van der Waals surface area contributed by atoms with Gasteiger partial charge in [-0.3, -0.25) is 0 Å². The molecule has 0 amide bonds. The Balaban J connectivity index is 2.93. The standard InChI is InChI=1S/C19H33N/c1-6-9-12-19(7-2,15-20-8-3)14-18-13-16(4)10-11-17(18)5/h10-11,13,20H,6-9,12,14-15H2,1-5H3. The van der Waals surface area contributed by atoms with Gasteiger partial charge in [-0.15, -0.1) is 0 Å². The van der Waals surface area contributed by atoms with Crippen molar-refractivity contribution < 1.29 is 0 Å². The third-order valence-electron chi connectivity index (χ3n) is 4.63. The summed E-state index contributed by atoms with van der Waals surface area (Å²) in [7, 11) is 0. The van der Waals surface area contributed by atoms with Crippen molar-refractivity contribution in [3.8, 4) is 0 Å². The molecule has 0 aliphatic rings. The van der Waals surface area contributed by atoms with Crippen molar-refractivity contribution >= 4 is 0 Å². The molecular weight excluding hydrogens is 242 g/mol. The number of hydrogen-bond acceptors (Lipinski definition) is 1. The molecule has 1 aromatic carbocycles. The highest BCUT2D eigenvalue weighted by Crippen LogP contribution is 2.33. The van der Waals surface area contributed by atoms with E-state index in [0.29, 0.717) is 5.41 Å². The van der Waals surface area contributed by atoms with Gasteiger partial charge < -0.3 is 5.32 Å². The fourth-order valence-corrected chi connectivity index (χ4v) is 3.00. The number of aryl methyl sites for hydroxylation is 2. The summed E-state index contributed by atoms with van der Waals surface area (Å²) in [4.78, 5) is 0. The summed E-state index contributed by atoms with van der Waals surface area (Å²) in [5, 5.41) is 3.60. The molecule has 0 saturated carbocycles. The highest BCUT2D eigenvalue weighted by Gasteiger charge is 2.28. The van der Waals surface area contributed by atoms with E-state index in [1.54, 1.807) is 5.56 Å². The van der Waals surface area contributed by atoms with Crippen LogP contribution < -0.4 is 5.32 Å². The summed E-state index contributed by atoms with van der Waals surface area (Å²) >= 11 is 0. The molecule has 1 aromatic rings. The number of nitrogens with one attached hydrogen (secondary N) is 1. The van der Waals surface area contributed by atoms with E-state index >= 15 is 0 Å². The van der Waals surface area contributed by atoms with Crippen molar-refractivity contribution in [3.05, 3.63) is 34.9 Å². The average Bonchev–Trinajstić information content (AvgIpc) is 2.46. The molecule has 0 aromatic heterocycles. The minimum Gasteiger partial charge on any atom is -0.316 e. The molecule has 1 N–H and O–H groups in total. The van der Waals surface area contributed by atoms with Gasteiger partial charge in [-0.05, 0) is 56.2 Å². The number of rotatable bonds is 9. The minimum atomic E-state index is 0.421. The molecule has 0 saturated heterocycles. The fraction of sp³-hybridized carbons (Fsp3) is 0.684. The monoisotopic (exact) mass is 275 g/mol. The van der Waals surface area contributed by atoms with Gasteiger partial charge in [0.15, 0.2) is 0 Å². The molecule has 1 nitrogen and oxygen atoms in total. The van der Waals surface area contributed by atoms with Gasteiger partial charge in [0.1, 0.15) is 0 Å². The molecule has 0 aliphatic carbocycles. The molecule has 0 spiro atoms. The molecule has 20 heavy (non-hydrogen) atoms. The highest BCUT2D eigenvalue weighted by atomic mass is 14.9. The molecule has 1 heteroatoms. The Morgan fingerprint density at radius 1 is 1.10 bits per heavy atom. The van der Waals surface area contributed by atoms with Crippen LogP contribution in [0.15, 0.2) is 18.2 Å². The third-order valence-corrected chi connectivity index (χ3v) is 4.63. The zero-order valence-electron chi connectivity index (χ0n) is 14.2. The predicted molar refractivity (Wildman–Crippen MR) is 90.4 cm³/mol. The van der Waals surface area contributed by atoms with E-state index in [4.69, 9.17) is 0 Å². The van der Waals surface area contributed by atoms with Crippen LogP contribution in [0.4, 0.5) is 0 Å². The normalized spacial score (nSPS) is 14.2. The fourth-order valence-electron chi connectivity index (χ4n) is 3.00. The van der Waals surface area contributed by atoms with Crippen LogP contribution in [-0.4, -0.2) is 13.1 Å². The first-order valence-electron chi connectivity index (χ1n) is 8.33. The molecule has 0 aliphatic heterocycles. The quantitative estimate of drug-likeness (QED) is 0.665. The molecule has 0 bridgehead atoms. The summed E-state index contributed by atoms with van der Waals surface area (Å²) in [6.45, 7) is 13.5. The van der Waals surface area contributed by atoms with Gasteiger partial charge in [0.2, 0.25) is 0 Å². The molecule has 114 valence electrons. The van der Waals surface area contributed by atoms with Gasteiger partial charge in [0.05, 0.1) is 0 Å². The lowest BCUT2D eigenvalue weighted by Crippen LogP contribution is -2.36. The van der Waals surface area contributed by atoms with Crippen LogP contribution in [0.3, 0.4) is 0 Å². The van der Waals surface area contributed by atoms with Crippen LogP contribution in [-0.2, 0) is 6.42 Å². The lowest BCUT2D eigenvalue weighted by atomic mass is 9.74. The van der Waals surface area contributed by atoms with Crippen LogP contribution in [0.1, 0.15) is 63.1 Å². The highest BCUT2D eigenvalue weighted by molar-refractivity contribution is 5.31. The number of hydrogen-bond donors (Lipinski definition) is 1. The smallest absolute Gasteiger partial charge is 0.00108 e. The van der Waals surface area contributed by atoms with Crippen LogP contribution in [0.5, 0.6) is 0 Å². The van der Waals surface area contributed by atoms with E-state index < -0.39 is 0 Å². The van der Waals surface area contributed by atoms with E-state index in [0.717, 1.165) is 13.1 Å². The van der Waals surface area contributed by atoms with Gasteiger partial charge in [0.25, 0.3) is 0 Å². The lowest BCUT2D eigenvalue weighted by molar-refractivity contribution is 0.230. The maximum Gasteiger partial charge on any atom is 0.00108 e. The van der Waals surface area contributed by atoms with Crippen molar-refractivity contribution in [1.29, 1.82) is 0 Å². The Morgan fingerprint density at radius 2 is 1.85 bits per heavy atom. The maximum atomic E-state index is 3.60. The molecule has 0 radical (unpaired) electrons. The van der Waals surface area contributed by atoms with Crippen molar-refractivity contribution in [1.82, 2.24) is 5.32 Å².